The highest BCUT2D eigenvalue weighted by molar-refractivity contribution is 5.95. The minimum Gasteiger partial charge on any atom is -0.478 e. The zero-order valence-electron chi connectivity index (χ0n) is 13.4. The Morgan fingerprint density at radius 2 is 1.41 bits per heavy atom. The molecule has 0 spiro atoms. The molecular formula is C18H11F4N3O2. The standard InChI is InChI=1S/C18H11F4N3O2/c19-9-1-3-15(13(21)5-9)24-11-7-12(18(26)27)17(23-8-11)25-16-4-2-10(20)6-14(16)22/h1-8,24H,(H,23,25)(H,26,27). The number of carboxylic acid groups (broad SMARTS) is 1. The number of nitrogens with one attached hydrogen (secondary N) is 2. The molecule has 0 aliphatic heterocycles. The van der Waals surface area contributed by atoms with Crippen LogP contribution in [-0.4, -0.2) is 16.1 Å². The minimum absolute atomic E-state index is 0.0835. The monoisotopic (exact) mass is 377 g/mol. The van der Waals surface area contributed by atoms with Gasteiger partial charge in [-0.25, -0.2) is 27.3 Å². The third kappa shape index (κ3) is 4.14. The topological polar surface area (TPSA) is 74.2 Å². The van der Waals surface area contributed by atoms with E-state index in [1.54, 1.807) is 0 Å². The van der Waals surface area contributed by atoms with E-state index in [1.807, 2.05) is 0 Å². The van der Waals surface area contributed by atoms with Crippen molar-refractivity contribution in [2.45, 2.75) is 0 Å². The van der Waals surface area contributed by atoms with Crippen LogP contribution in [0.25, 0.3) is 0 Å². The lowest BCUT2D eigenvalue weighted by Crippen LogP contribution is -2.07. The number of carbonyl (C=O) groups is 1. The van der Waals surface area contributed by atoms with Crippen molar-refractivity contribution in [1.29, 1.82) is 0 Å². The van der Waals surface area contributed by atoms with Gasteiger partial charge in [0.05, 0.1) is 23.3 Å². The molecule has 0 saturated heterocycles. The first-order chi connectivity index (χ1) is 12.8. The average molecular weight is 377 g/mol. The van der Waals surface area contributed by atoms with E-state index in [-0.39, 0.29) is 28.4 Å². The molecule has 0 radical (unpaired) electrons. The number of hydrogen-bond donors (Lipinski definition) is 3. The Labute approximate surface area is 150 Å². The maximum absolute atomic E-state index is 13.8. The summed E-state index contributed by atoms with van der Waals surface area (Å²) in [4.78, 5) is 15.4. The summed E-state index contributed by atoms with van der Waals surface area (Å²) in [5.41, 5.74) is -0.481. The molecule has 0 amide bonds. The molecule has 27 heavy (non-hydrogen) atoms. The van der Waals surface area contributed by atoms with Crippen LogP contribution >= 0.6 is 0 Å². The number of pyridine rings is 1. The maximum atomic E-state index is 13.8. The molecule has 1 heterocycles. The predicted molar refractivity (Wildman–Crippen MR) is 90.5 cm³/mol. The Hall–Kier alpha value is -3.62. The molecule has 0 saturated carbocycles. The van der Waals surface area contributed by atoms with Gasteiger partial charge in [0.2, 0.25) is 0 Å². The number of hydrogen-bond acceptors (Lipinski definition) is 4. The Balaban J connectivity index is 1.91. The molecule has 0 unspecified atom stereocenters. The van der Waals surface area contributed by atoms with E-state index in [2.05, 4.69) is 15.6 Å². The fourth-order valence-corrected chi connectivity index (χ4v) is 2.26. The largest absolute Gasteiger partial charge is 0.478 e. The highest BCUT2D eigenvalue weighted by Gasteiger charge is 2.15. The summed E-state index contributed by atoms with van der Waals surface area (Å²) in [6.45, 7) is 0. The van der Waals surface area contributed by atoms with E-state index in [1.165, 1.54) is 6.20 Å². The second-order valence-electron chi connectivity index (χ2n) is 5.42. The molecule has 0 fully saturated rings. The Morgan fingerprint density at radius 1 is 0.852 bits per heavy atom. The van der Waals surface area contributed by atoms with Crippen molar-refractivity contribution in [2.24, 2.45) is 0 Å². The first-order valence-corrected chi connectivity index (χ1v) is 7.51. The number of halogens is 4. The third-order valence-electron chi connectivity index (χ3n) is 3.51. The molecule has 0 bridgehead atoms. The summed E-state index contributed by atoms with van der Waals surface area (Å²) in [5.74, 6) is -4.92. The summed E-state index contributed by atoms with van der Waals surface area (Å²) in [5, 5.41) is 14.4. The molecule has 3 aromatic rings. The first kappa shape index (κ1) is 18.2. The Morgan fingerprint density at radius 3 is 1.93 bits per heavy atom. The number of benzene rings is 2. The molecule has 5 nitrogen and oxygen atoms in total. The minimum atomic E-state index is -1.38. The molecule has 0 aliphatic carbocycles. The van der Waals surface area contributed by atoms with Crippen LogP contribution in [0.3, 0.4) is 0 Å². The van der Waals surface area contributed by atoms with Crippen LogP contribution in [-0.2, 0) is 0 Å². The highest BCUT2D eigenvalue weighted by atomic mass is 19.1. The number of aromatic nitrogens is 1. The zero-order chi connectivity index (χ0) is 19.6. The van der Waals surface area contributed by atoms with Gasteiger partial charge in [0.25, 0.3) is 0 Å². The first-order valence-electron chi connectivity index (χ1n) is 7.51. The van der Waals surface area contributed by atoms with E-state index < -0.39 is 29.2 Å². The molecule has 9 heteroatoms. The van der Waals surface area contributed by atoms with Crippen LogP contribution in [0.15, 0.2) is 48.7 Å². The molecule has 1 aromatic heterocycles. The zero-order valence-corrected chi connectivity index (χ0v) is 13.4. The number of nitrogens with zero attached hydrogens (tertiary/aromatic N) is 1. The fraction of sp³-hybridized carbons (Fsp3) is 0. The molecule has 138 valence electrons. The van der Waals surface area contributed by atoms with Crippen molar-refractivity contribution < 1.29 is 27.5 Å². The summed E-state index contributed by atoms with van der Waals surface area (Å²) in [7, 11) is 0. The molecule has 3 rings (SSSR count). The van der Waals surface area contributed by atoms with E-state index in [4.69, 9.17) is 0 Å². The van der Waals surface area contributed by atoms with Gasteiger partial charge in [-0.15, -0.1) is 0 Å². The summed E-state index contributed by atoms with van der Waals surface area (Å²) in [6.07, 6.45) is 1.18. The lowest BCUT2D eigenvalue weighted by molar-refractivity contribution is 0.0697. The third-order valence-corrected chi connectivity index (χ3v) is 3.51. The summed E-state index contributed by atoms with van der Waals surface area (Å²) >= 11 is 0. The number of carboxylic acids is 1. The molecule has 0 atom stereocenters. The quantitative estimate of drug-likeness (QED) is 0.556. The van der Waals surface area contributed by atoms with Crippen LogP contribution < -0.4 is 10.6 Å². The Kier molecular flexibility index (Phi) is 4.93. The number of anilines is 4. The highest BCUT2D eigenvalue weighted by Crippen LogP contribution is 2.26. The van der Waals surface area contributed by atoms with E-state index >= 15 is 0 Å². The smallest absolute Gasteiger partial charge is 0.339 e. The van der Waals surface area contributed by atoms with Crippen molar-refractivity contribution in [3.63, 3.8) is 0 Å². The predicted octanol–water partition coefficient (Wildman–Crippen LogP) is 4.82. The van der Waals surface area contributed by atoms with Crippen LogP contribution in [0.1, 0.15) is 10.4 Å². The van der Waals surface area contributed by atoms with Crippen molar-refractivity contribution >= 4 is 28.8 Å². The van der Waals surface area contributed by atoms with Crippen molar-refractivity contribution in [3.8, 4) is 0 Å². The van der Waals surface area contributed by atoms with Gasteiger partial charge in [0.1, 0.15) is 34.7 Å². The van der Waals surface area contributed by atoms with Gasteiger partial charge in [0.15, 0.2) is 0 Å². The van der Waals surface area contributed by atoms with Gasteiger partial charge in [-0.2, -0.15) is 0 Å². The van der Waals surface area contributed by atoms with Crippen LogP contribution in [0.4, 0.5) is 40.4 Å². The van der Waals surface area contributed by atoms with Crippen LogP contribution in [0, 0.1) is 23.3 Å². The molecular weight excluding hydrogens is 366 g/mol. The van der Waals surface area contributed by atoms with Gasteiger partial charge >= 0.3 is 5.97 Å². The van der Waals surface area contributed by atoms with Gasteiger partial charge < -0.3 is 15.7 Å². The lowest BCUT2D eigenvalue weighted by atomic mass is 10.2. The molecule has 2 aromatic carbocycles. The summed E-state index contributed by atoms with van der Waals surface area (Å²) in [6, 6.07) is 6.71. The molecule has 0 aliphatic rings. The second kappa shape index (κ2) is 7.32. The lowest BCUT2D eigenvalue weighted by Gasteiger charge is -2.12. The van der Waals surface area contributed by atoms with Gasteiger partial charge in [-0.05, 0) is 30.3 Å². The normalized spacial score (nSPS) is 10.5. The fourth-order valence-electron chi connectivity index (χ4n) is 2.26. The summed E-state index contributed by atoms with van der Waals surface area (Å²) < 4.78 is 53.4. The SMILES string of the molecule is O=C(O)c1cc(Nc2ccc(F)cc2F)cnc1Nc1ccc(F)cc1F. The maximum Gasteiger partial charge on any atom is 0.339 e. The van der Waals surface area contributed by atoms with Gasteiger partial charge in [-0.1, -0.05) is 0 Å². The van der Waals surface area contributed by atoms with Crippen molar-refractivity contribution in [1.82, 2.24) is 4.98 Å². The van der Waals surface area contributed by atoms with Crippen molar-refractivity contribution in [2.75, 3.05) is 10.6 Å². The Bertz CT molecular complexity index is 1030. The van der Waals surface area contributed by atoms with E-state index in [0.29, 0.717) is 12.1 Å². The molecule has 3 N–H and O–H groups in total. The number of rotatable bonds is 5. The van der Waals surface area contributed by atoms with Gasteiger partial charge in [-0.3, -0.25) is 0 Å². The van der Waals surface area contributed by atoms with E-state index in [9.17, 15) is 27.5 Å². The second-order valence-corrected chi connectivity index (χ2v) is 5.42. The van der Waals surface area contributed by atoms with Crippen LogP contribution in [0.5, 0.6) is 0 Å². The van der Waals surface area contributed by atoms with E-state index in [0.717, 1.165) is 30.3 Å². The number of aromatic carboxylic acids is 1. The van der Waals surface area contributed by atoms with Crippen molar-refractivity contribution in [3.05, 3.63) is 77.5 Å². The average Bonchev–Trinajstić information content (AvgIpc) is 2.60. The van der Waals surface area contributed by atoms with Crippen LogP contribution in [0.2, 0.25) is 0 Å². The van der Waals surface area contributed by atoms with Gasteiger partial charge in [0, 0.05) is 12.1 Å².